The normalized spacial score (nSPS) is 18.2. The van der Waals surface area contributed by atoms with Crippen molar-refractivity contribution in [3.8, 4) is 11.5 Å². The number of aliphatic carboxylic acids is 1. The highest BCUT2D eigenvalue weighted by Crippen LogP contribution is 2.37. The standard InChI is InChI=1S/C18H21NO5S2/c1-5-10(2)15(17(21)22)19-16(20)14(26-18(19)25)9-11-6-7-12(23-3)13(8-11)24-4/h6-10,15H,5H2,1-4H3,(H,21,22)/b14-9-. The predicted molar refractivity (Wildman–Crippen MR) is 105 cm³/mol. The zero-order valence-electron chi connectivity index (χ0n) is 15.0. The molecule has 140 valence electrons. The van der Waals surface area contributed by atoms with Crippen LogP contribution in [0.3, 0.4) is 0 Å². The SMILES string of the molecule is CCC(C)C(C(=O)O)N1C(=O)/C(=C/c2ccc(OC)c(OC)c2)SC1=S. The largest absolute Gasteiger partial charge is 0.493 e. The van der Waals surface area contributed by atoms with Crippen LogP contribution in [-0.4, -0.2) is 46.5 Å². The number of ether oxygens (including phenoxy) is 2. The van der Waals surface area contributed by atoms with E-state index in [1.54, 1.807) is 38.3 Å². The van der Waals surface area contributed by atoms with Crippen LogP contribution < -0.4 is 9.47 Å². The van der Waals surface area contributed by atoms with Crippen LogP contribution in [0.4, 0.5) is 0 Å². The minimum absolute atomic E-state index is 0.213. The molecule has 1 aromatic rings. The number of amides is 1. The number of benzene rings is 1. The molecule has 0 aliphatic carbocycles. The lowest BCUT2D eigenvalue weighted by Gasteiger charge is -2.27. The number of carbonyl (C=O) groups is 2. The minimum Gasteiger partial charge on any atom is -0.493 e. The van der Waals surface area contributed by atoms with Crippen LogP contribution >= 0.6 is 24.0 Å². The summed E-state index contributed by atoms with van der Waals surface area (Å²) in [6.45, 7) is 3.69. The van der Waals surface area contributed by atoms with Gasteiger partial charge in [0.05, 0.1) is 19.1 Å². The number of carboxylic acid groups (broad SMARTS) is 1. The van der Waals surface area contributed by atoms with Gasteiger partial charge in [0.25, 0.3) is 5.91 Å². The highest BCUT2D eigenvalue weighted by Gasteiger charge is 2.42. The molecule has 26 heavy (non-hydrogen) atoms. The highest BCUT2D eigenvalue weighted by atomic mass is 32.2. The fourth-order valence-electron chi connectivity index (χ4n) is 2.65. The smallest absolute Gasteiger partial charge is 0.327 e. The van der Waals surface area contributed by atoms with E-state index in [2.05, 4.69) is 0 Å². The lowest BCUT2D eigenvalue weighted by Crippen LogP contribution is -2.47. The number of hydrogen-bond acceptors (Lipinski definition) is 6. The summed E-state index contributed by atoms with van der Waals surface area (Å²) in [6.07, 6.45) is 2.31. The van der Waals surface area contributed by atoms with Crippen molar-refractivity contribution in [2.75, 3.05) is 14.2 Å². The fourth-order valence-corrected chi connectivity index (χ4v) is 3.97. The summed E-state index contributed by atoms with van der Waals surface area (Å²) in [7, 11) is 3.08. The predicted octanol–water partition coefficient (Wildman–Crippen LogP) is 3.40. The zero-order chi connectivity index (χ0) is 19.4. The number of nitrogens with zero attached hydrogens (tertiary/aromatic N) is 1. The van der Waals surface area contributed by atoms with Crippen molar-refractivity contribution in [1.29, 1.82) is 0 Å². The van der Waals surface area contributed by atoms with Gasteiger partial charge in [-0.3, -0.25) is 9.69 Å². The Kier molecular flexibility index (Phi) is 6.66. The second-order valence-electron chi connectivity index (χ2n) is 5.83. The first-order chi connectivity index (χ1) is 12.3. The van der Waals surface area contributed by atoms with E-state index in [-0.39, 0.29) is 16.1 Å². The fraction of sp³-hybridized carbons (Fsp3) is 0.389. The Labute approximate surface area is 162 Å². The Hall–Kier alpha value is -2.06. The monoisotopic (exact) mass is 395 g/mol. The van der Waals surface area contributed by atoms with Gasteiger partial charge in [0.2, 0.25) is 0 Å². The molecular weight excluding hydrogens is 374 g/mol. The molecule has 0 radical (unpaired) electrons. The van der Waals surface area contributed by atoms with Gasteiger partial charge in [-0.1, -0.05) is 50.3 Å². The summed E-state index contributed by atoms with van der Waals surface area (Å²) in [6, 6.07) is 4.31. The van der Waals surface area contributed by atoms with Crippen molar-refractivity contribution < 1.29 is 24.2 Å². The first-order valence-corrected chi connectivity index (χ1v) is 9.28. The third-order valence-electron chi connectivity index (χ3n) is 4.24. The van der Waals surface area contributed by atoms with Gasteiger partial charge in [0, 0.05) is 0 Å². The molecule has 6 nitrogen and oxygen atoms in total. The number of rotatable bonds is 7. The van der Waals surface area contributed by atoms with Gasteiger partial charge in [0.1, 0.15) is 10.4 Å². The van der Waals surface area contributed by atoms with E-state index in [1.807, 2.05) is 6.92 Å². The van der Waals surface area contributed by atoms with Crippen molar-refractivity contribution in [3.63, 3.8) is 0 Å². The molecule has 1 N–H and O–H groups in total. The molecule has 1 heterocycles. The molecule has 2 atom stereocenters. The number of hydrogen-bond donors (Lipinski definition) is 1. The molecule has 1 aromatic carbocycles. The molecule has 8 heteroatoms. The van der Waals surface area contributed by atoms with E-state index in [9.17, 15) is 14.7 Å². The van der Waals surface area contributed by atoms with Gasteiger partial charge in [-0.05, 0) is 29.7 Å². The Balaban J connectivity index is 2.36. The average Bonchev–Trinajstić information content (AvgIpc) is 2.89. The van der Waals surface area contributed by atoms with E-state index >= 15 is 0 Å². The minimum atomic E-state index is -1.05. The first-order valence-electron chi connectivity index (χ1n) is 8.05. The Bertz CT molecular complexity index is 762. The van der Waals surface area contributed by atoms with Crippen LogP contribution in [0.2, 0.25) is 0 Å². The molecule has 1 aliphatic rings. The van der Waals surface area contributed by atoms with Crippen molar-refractivity contribution in [3.05, 3.63) is 28.7 Å². The third-order valence-corrected chi connectivity index (χ3v) is 5.57. The number of methoxy groups -OCH3 is 2. The molecule has 1 fully saturated rings. The summed E-state index contributed by atoms with van der Waals surface area (Å²) < 4.78 is 10.7. The van der Waals surface area contributed by atoms with Crippen LogP contribution in [-0.2, 0) is 9.59 Å². The summed E-state index contributed by atoms with van der Waals surface area (Å²) >= 11 is 6.39. The molecule has 2 rings (SSSR count). The van der Waals surface area contributed by atoms with Crippen LogP contribution in [0.5, 0.6) is 11.5 Å². The van der Waals surface area contributed by atoms with Gasteiger partial charge >= 0.3 is 5.97 Å². The molecule has 0 spiro atoms. The maximum Gasteiger partial charge on any atom is 0.327 e. The number of carbonyl (C=O) groups excluding carboxylic acids is 1. The Morgan fingerprint density at radius 3 is 2.54 bits per heavy atom. The molecule has 0 saturated carbocycles. The summed E-state index contributed by atoms with van der Waals surface area (Å²) in [5.41, 5.74) is 0.735. The van der Waals surface area contributed by atoms with E-state index in [0.717, 1.165) is 17.3 Å². The topological polar surface area (TPSA) is 76.1 Å². The number of thiocarbonyl (C=S) groups is 1. The second-order valence-corrected chi connectivity index (χ2v) is 7.51. The van der Waals surface area contributed by atoms with E-state index < -0.39 is 12.0 Å². The molecule has 2 unspecified atom stereocenters. The molecule has 1 amide bonds. The highest BCUT2D eigenvalue weighted by molar-refractivity contribution is 8.26. The van der Waals surface area contributed by atoms with E-state index in [1.165, 1.54) is 12.0 Å². The quantitative estimate of drug-likeness (QED) is 0.560. The lowest BCUT2D eigenvalue weighted by molar-refractivity contribution is -0.147. The van der Waals surface area contributed by atoms with Crippen LogP contribution in [0.25, 0.3) is 6.08 Å². The van der Waals surface area contributed by atoms with Gasteiger partial charge in [-0.15, -0.1) is 0 Å². The molecule has 0 bridgehead atoms. The number of carboxylic acids is 1. The maximum absolute atomic E-state index is 12.8. The van der Waals surface area contributed by atoms with Crippen LogP contribution in [0.15, 0.2) is 23.1 Å². The molecule has 0 aromatic heterocycles. The van der Waals surface area contributed by atoms with E-state index in [4.69, 9.17) is 21.7 Å². The average molecular weight is 396 g/mol. The molecule has 1 saturated heterocycles. The van der Waals surface area contributed by atoms with Crippen molar-refractivity contribution in [2.45, 2.75) is 26.3 Å². The molecular formula is C18H21NO5S2. The second kappa shape index (κ2) is 8.55. The first kappa shape index (κ1) is 20.3. The third kappa shape index (κ3) is 4.02. The van der Waals surface area contributed by atoms with Gasteiger partial charge in [-0.2, -0.15) is 0 Å². The van der Waals surface area contributed by atoms with Crippen molar-refractivity contribution in [1.82, 2.24) is 4.90 Å². The Morgan fingerprint density at radius 2 is 2.00 bits per heavy atom. The number of thioether (sulfide) groups is 1. The molecule has 1 aliphatic heterocycles. The summed E-state index contributed by atoms with van der Waals surface area (Å²) in [5.74, 6) is -0.527. The lowest BCUT2D eigenvalue weighted by atomic mass is 9.98. The van der Waals surface area contributed by atoms with Gasteiger partial charge in [0.15, 0.2) is 11.5 Å². The summed E-state index contributed by atoms with van der Waals surface area (Å²) in [4.78, 5) is 26.1. The van der Waals surface area contributed by atoms with Crippen molar-refractivity contribution >= 4 is 46.3 Å². The van der Waals surface area contributed by atoms with E-state index in [0.29, 0.717) is 22.8 Å². The van der Waals surface area contributed by atoms with Gasteiger partial charge in [-0.25, -0.2) is 4.79 Å². The maximum atomic E-state index is 12.8. The van der Waals surface area contributed by atoms with Gasteiger partial charge < -0.3 is 14.6 Å². The van der Waals surface area contributed by atoms with Crippen LogP contribution in [0, 0.1) is 5.92 Å². The van der Waals surface area contributed by atoms with Crippen LogP contribution in [0.1, 0.15) is 25.8 Å². The zero-order valence-corrected chi connectivity index (χ0v) is 16.6. The summed E-state index contributed by atoms with van der Waals surface area (Å²) in [5, 5.41) is 9.56. The Morgan fingerprint density at radius 1 is 1.35 bits per heavy atom. The van der Waals surface area contributed by atoms with Crippen molar-refractivity contribution in [2.24, 2.45) is 5.92 Å².